The summed E-state index contributed by atoms with van der Waals surface area (Å²) in [7, 11) is 1.77. The SMILES string of the molecule is CCC1(CNCCCCOC)CC1. The van der Waals surface area contributed by atoms with Gasteiger partial charge in [-0.2, -0.15) is 0 Å². The number of rotatable bonds is 8. The lowest BCUT2D eigenvalue weighted by Gasteiger charge is -2.12. The lowest BCUT2D eigenvalue weighted by Crippen LogP contribution is -2.24. The minimum Gasteiger partial charge on any atom is -0.385 e. The normalized spacial score (nSPS) is 18.9. The van der Waals surface area contributed by atoms with Crippen LogP contribution in [0.5, 0.6) is 0 Å². The summed E-state index contributed by atoms with van der Waals surface area (Å²) in [6.45, 7) is 5.60. The van der Waals surface area contributed by atoms with Crippen molar-refractivity contribution in [2.24, 2.45) is 5.41 Å². The maximum absolute atomic E-state index is 5.00. The van der Waals surface area contributed by atoms with Crippen LogP contribution in [0.25, 0.3) is 0 Å². The molecule has 0 aliphatic heterocycles. The zero-order valence-corrected chi connectivity index (χ0v) is 9.07. The fourth-order valence-corrected chi connectivity index (χ4v) is 1.68. The van der Waals surface area contributed by atoms with E-state index >= 15 is 0 Å². The minimum absolute atomic E-state index is 0.696. The Kier molecular flexibility index (Phi) is 4.74. The lowest BCUT2D eigenvalue weighted by molar-refractivity contribution is 0.192. The Balaban J connectivity index is 1.84. The van der Waals surface area contributed by atoms with Crippen LogP contribution in [0.3, 0.4) is 0 Å². The Bertz CT molecular complexity index is 132. The molecule has 78 valence electrons. The van der Waals surface area contributed by atoms with Gasteiger partial charge in [-0.05, 0) is 44.1 Å². The quantitative estimate of drug-likeness (QED) is 0.585. The zero-order chi connectivity index (χ0) is 9.57. The average molecular weight is 185 g/mol. The van der Waals surface area contributed by atoms with Crippen molar-refractivity contribution in [3.05, 3.63) is 0 Å². The predicted molar refractivity (Wildman–Crippen MR) is 55.9 cm³/mol. The van der Waals surface area contributed by atoms with Crippen molar-refractivity contribution in [1.82, 2.24) is 5.32 Å². The van der Waals surface area contributed by atoms with Gasteiger partial charge in [0.1, 0.15) is 0 Å². The summed E-state index contributed by atoms with van der Waals surface area (Å²) >= 11 is 0. The lowest BCUT2D eigenvalue weighted by atomic mass is 10.0. The maximum atomic E-state index is 5.00. The van der Waals surface area contributed by atoms with Gasteiger partial charge >= 0.3 is 0 Å². The molecule has 0 aromatic heterocycles. The van der Waals surface area contributed by atoms with Crippen LogP contribution in [-0.2, 0) is 4.74 Å². The third-order valence-corrected chi connectivity index (χ3v) is 3.16. The fraction of sp³-hybridized carbons (Fsp3) is 1.00. The molecule has 1 aliphatic carbocycles. The molecule has 1 fully saturated rings. The molecule has 0 radical (unpaired) electrons. The molecule has 0 saturated heterocycles. The molecular formula is C11H23NO. The number of hydrogen-bond donors (Lipinski definition) is 1. The van der Waals surface area contributed by atoms with E-state index in [0.717, 1.165) is 13.2 Å². The smallest absolute Gasteiger partial charge is 0.0462 e. The summed E-state index contributed by atoms with van der Waals surface area (Å²) in [5.74, 6) is 0. The van der Waals surface area contributed by atoms with Crippen molar-refractivity contribution >= 4 is 0 Å². The molecule has 0 unspecified atom stereocenters. The second kappa shape index (κ2) is 5.61. The highest BCUT2D eigenvalue weighted by Crippen LogP contribution is 2.47. The zero-order valence-electron chi connectivity index (χ0n) is 9.07. The molecule has 2 heteroatoms. The van der Waals surface area contributed by atoms with Crippen molar-refractivity contribution < 1.29 is 4.74 Å². The number of methoxy groups -OCH3 is 1. The highest BCUT2D eigenvalue weighted by Gasteiger charge is 2.39. The third kappa shape index (κ3) is 4.10. The van der Waals surface area contributed by atoms with E-state index in [4.69, 9.17) is 4.74 Å². The van der Waals surface area contributed by atoms with E-state index in [0.29, 0.717) is 5.41 Å². The molecule has 0 atom stereocenters. The Morgan fingerprint density at radius 3 is 2.62 bits per heavy atom. The molecule has 0 aromatic rings. The Labute approximate surface area is 82.0 Å². The van der Waals surface area contributed by atoms with Crippen LogP contribution < -0.4 is 5.32 Å². The molecule has 1 saturated carbocycles. The second-order valence-corrected chi connectivity index (χ2v) is 4.23. The van der Waals surface area contributed by atoms with Crippen molar-refractivity contribution in [3.8, 4) is 0 Å². The van der Waals surface area contributed by atoms with Gasteiger partial charge in [-0.15, -0.1) is 0 Å². The highest BCUT2D eigenvalue weighted by atomic mass is 16.5. The molecule has 0 aromatic carbocycles. The monoisotopic (exact) mass is 185 g/mol. The predicted octanol–water partition coefficient (Wildman–Crippen LogP) is 2.19. The molecule has 0 heterocycles. The summed E-state index contributed by atoms with van der Waals surface area (Å²) in [6.07, 6.45) is 6.65. The van der Waals surface area contributed by atoms with Crippen LogP contribution in [0.1, 0.15) is 39.0 Å². The Hall–Kier alpha value is -0.0800. The van der Waals surface area contributed by atoms with E-state index in [2.05, 4.69) is 12.2 Å². The van der Waals surface area contributed by atoms with E-state index in [1.54, 1.807) is 7.11 Å². The third-order valence-electron chi connectivity index (χ3n) is 3.16. The van der Waals surface area contributed by atoms with E-state index in [-0.39, 0.29) is 0 Å². The second-order valence-electron chi connectivity index (χ2n) is 4.23. The first kappa shape index (κ1) is 11.0. The van der Waals surface area contributed by atoms with Gasteiger partial charge in [0.05, 0.1) is 0 Å². The van der Waals surface area contributed by atoms with Crippen molar-refractivity contribution in [1.29, 1.82) is 0 Å². The van der Waals surface area contributed by atoms with Crippen LogP contribution in [0.15, 0.2) is 0 Å². The van der Waals surface area contributed by atoms with Gasteiger partial charge in [-0.3, -0.25) is 0 Å². The van der Waals surface area contributed by atoms with Crippen molar-refractivity contribution in [2.45, 2.75) is 39.0 Å². The standard InChI is InChI=1S/C11H23NO/c1-3-11(6-7-11)10-12-8-4-5-9-13-2/h12H,3-10H2,1-2H3. The number of nitrogens with one attached hydrogen (secondary N) is 1. The van der Waals surface area contributed by atoms with Gasteiger partial charge in [0, 0.05) is 20.3 Å². The summed E-state index contributed by atoms with van der Waals surface area (Å²) in [6, 6.07) is 0. The van der Waals surface area contributed by atoms with E-state index < -0.39 is 0 Å². The van der Waals surface area contributed by atoms with Gasteiger partial charge < -0.3 is 10.1 Å². The van der Waals surface area contributed by atoms with Crippen molar-refractivity contribution in [3.63, 3.8) is 0 Å². The Morgan fingerprint density at radius 2 is 2.08 bits per heavy atom. The van der Waals surface area contributed by atoms with Gasteiger partial charge in [0.25, 0.3) is 0 Å². The van der Waals surface area contributed by atoms with Crippen LogP contribution in [0.2, 0.25) is 0 Å². The van der Waals surface area contributed by atoms with Crippen LogP contribution in [-0.4, -0.2) is 26.8 Å². The Morgan fingerprint density at radius 1 is 1.31 bits per heavy atom. The summed E-state index contributed by atoms with van der Waals surface area (Å²) in [5.41, 5.74) is 0.696. The van der Waals surface area contributed by atoms with E-state index in [1.807, 2.05) is 0 Å². The molecule has 0 bridgehead atoms. The largest absolute Gasteiger partial charge is 0.385 e. The van der Waals surface area contributed by atoms with Gasteiger partial charge in [-0.25, -0.2) is 0 Å². The van der Waals surface area contributed by atoms with Gasteiger partial charge in [0.15, 0.2) is 0 Å². The summed E-state index contributed by atoms with van der Waals surface area (Å²) in [5, 5.41) is 3.54. The number of ether oxygens (including phenoxy) is 1. The molecule has 0 amide bonds. The molecule has 0 spiro atoms. The molecule has 1 rings (SSSR count). The first-order valence-corrected chi connectivity index (χ1v) is 5.53. The van der Waals surface area contributed by atoms with Crippen LogP contribution in [0.4, 0.5) is 0 Å². The fourth-order valence-electron chi connectivity index (χ4n) is 1.68. The highest BCUT2D eigenvalue weighted by molar-refractivity contribution is 4.93. The van der Waals surface area contributed by atoms with Crippen LogP contribution in [0, 0.1) is 5.41 Å². The molecular weight excluding hydrogens is 162 g/mol. The van der Waals surface area contributed by atoms with Gasteiger partial charge in [0.2, 0.25) is 0 Å². The number of hydrogen-bond acceptors (Lipinski definition) is 2. The molecule has 13 heavy (non-hydrogen) atoms. The molecule has 1 aliphatic rings. The molecule has 2 nitrogen and oxygen atoms in total. The first-order valence-electron chi connectivity index (χ1n) is 5.53. The van der Waals surface area contributed by atoms with E-state index in [1.165, 1.54) is 38.6 Å². The topological polar surface area (TPSA) is 21.3 Å². The summed E-state index contributed by atoms with van der Waals surface area (Å²) in [4.78, 5) is 0. The van der Waals surface area contributed by atoms with Crippen LogP contribution >= 0.6 is 0 Å². The first-order chi connectivity index (χ1) is 6.33. The van der Waals surface area contributed by atoms with Crippen molar-refractivity contribution in [2.75, 3.05) is 26.8 Å². The summed E-state index contributed by atoms with van der Waals surface area (Å²) < 4.78 is 5.00. The van der Waals surface area contributed by atoms with Gasteiger partial charge in [-0.1, -0.05) is 6.92 Å². The van der Waals surface area contributed by atoms with E-state index in [9.17, 15) is 0 Å². The number of unbranched alkanes of at least 4 members (excludes halogenated alkanes) is 1. The average Bonchev–Trinajstić information content (AvgIpc) is 2.92. The maximum Gasteiger partial charge on any atom is 0.0462 e. The molecule has 1 N–H and O–H groups in total. The minimum atomic E-state index is 0.696.